The Morgan fingerprint density at radius 3 is 2.50 bits per heavy atom. The van der Waals surface area contributed by atoms with Crippen LogP contribution < -0.4 is 4.74 Å². The van der Waals surface area contributed by atoms with Gasteiger partial charge in [-0.15, -0.1) is 18.3 Å². The van der Waals surface area contributed by atoms with Crippen molar-refractivity contribution in [3.05, 3.63) is 83.9 Å². The van der Waals surface area contributed by atoms with Crippen LogP contribution in [0.4, 0.5) is 13.2 Å². The molecule has 0 bridgehead atoms. The number of carbonyl (C=O) groups excluding carboxylic acids is 1. The lowest BCUT2D eigenvalue weighted by Gasteiger charge is -2.20. The summed E-state index contributed by atoms with van der Waals surface area (Å²) in [6.45, 7) is 0.860. The summed E-state index contributed by atoms with van der Waals surface area (Å²) in [4.78, 5) is 15.7. The van der Waals surface area contributed by atoms with Gasteiger partial charge in [0.25, 0.3) is 6.47 Å². The van der Waals surface area contributed by atoms with E-state index in [-0.39, 0.29) is 18.4 Å². The molecule has 0 N–H and O–H groups in total. The molecule has 11 heteroatoms. The first kappa shape index (κ1) is 23.6. The minimum absolute atomic E-state index is 0.0213. The zero-order valence-corrected chi connectivity index (χ0v) is 19.0. The number of halogens is 3. The zero-order chi connectivity index (χ0) is 25.1. The van der Waals surface area contributed by atoms with Gasteiger partial charge in [-0.3, -0.25) is 4.79 Å². The lowest BCUT2D eigenvalue weighted by molar-refractivity contribution is -0.274. The van der Waals surface area contributed by atoms with E-state index in [0.717, 1.165) is 24.1 Å². The quantitative estimate of drug-likeness (QED) is 0.295. The van der Waals surface area contributed by atoms with Crippen LogP contribution in [0.5, 0.6) is 5.75 Å². The summed E-state index contributed by atoms with van der Waals surface area (Å²) in [5.74, 6) is -0.825. The number of imidazole rings is 1. The number of hydrogen-bond acceptors (Lipinski definition) is 6. The molecule has 2 aromatic carbocycles. The van der Waals surface area contributed by atoms with Crippen molar-refractivity contribution < 1.29 is 27.4 Å². The van der Waals surface area contributed by atoms with E-state index < -0.39 is 12.3 Å². The largest absolute Gasteiger partial charge is 0.573 e. The highest BCUT2D eigenvalue weighted by Gasteiger charge is 2.34. The fourth-order valence-electron chi connectivity index (χ4n) is 4.18. The molecule has 36 heavy (non-hydrogen) atoms. The molecule has 0 saturated heterocycles. The fraction of sp³-hybridized carbons (Fsp3) is 0.280. The van der Waals surface area contributed by atoms with Crippen LogP contribution in [0.1, 0.15) is 41.6 Å². The number of ether oxygens (including phenoxy) is 2. The van der Waals surface area contributed by atoms with Gasteiger partial charge in [0.05, 0.1) is 30.7 Å². The Kier molecular flexibility index (Phi) is 6.45. The highest BCUT2D eigenvalue weighted by atomic mass is 19.4. The van der Waals surface area contributed by atoms with Crippen LogP contribution in [-0.4, -0.2) is 44.0 Å². The summed E-state index contributed by atoms with van der Waals surface area (Å²) < 4.78 is 50.7. The molecule has 1 unspecified atom stereocenters. The summed E-state index contributed by atoms with van der Waals surface area (Å²) in [5.41, 5.74) is 3.60. The van der Waals surface area contributed by atoms with E-state index in [2.05, 4.69) is 20.0 Å². The second kappa shape index (κ2) is 9.84. The normalized spacial score (nSPS) is 14.4. The third kappa shape index (κ3) is 5.40. The van der Waals surface area contributed by atoms with Crippen LogP contribution in [0.25, 0.3) is 11.4 Å². The number of alkyl halides is 3. The molecular weight excluding hydrogens is 475 g/mol. The van der Waals surface area contributed by atoms with Crippen LogP contribution in [0.15, 0.2) is 67.1 Å². The minimum Gasteiger partial charge on any atom is -0.467 e. The Morgan fingerprint density at radius 1 is 1.08 bits per heavy atom. The minimum atomic E-state index is -4.79. The van der Waals surface area contributed by atoms with E-state index in [4.69, 9.17) is 4.74 Å². The lowest BCUT2D eigenvalue weighted by Crippen LogP contribution is -2.17. The molecule has 4 aromatic rings. The van der Waals surface area contributed by atoms with Gasteiger partial charge in [0.15, 0.2) is 0 Å². The third-order valence-electron chi connectivity index (χ3n) is 5.92. The van der Waals surface area contributed by atoms with E-state index in [1.807, 2.05) is 34.9 Å². The first-order valence-corrected chi connectivity index (χ1v) is 11.3. The molecule has 1 aliphatic carbocycles. The molecule has 5 rings (SSSR count). The van der Waals surface area contributed by atoms with Crippen molar-refractivity contribution in [2.75, 3.05) is 6.61 Å². The second-order valence-electron chi connectivity index (χ2n) is 8.50. The molecule has 0 spiro atoms. The Hall–Kier alpha value is -4.15. The molecule has 1 fully saturated rings. The monoisotopic (exact) mass is 497 g/mol. The summed E-state index contributed by atoms with van der Waals surface area (Å²) in [6, 6.07) is 15.6. The summed E-state index contributed by atoms with van der Waals surface area (Å²) in [7, 11) is 0. The maximum atomic E-state index is 12.6. The van der Waals surface area contributed by atoms with Crippen LogP contribution in [-0.2, 0) is 16.1 Å². The van der Waals surface area contributed by atoms with Crippen molar-refractivity contribution in [1.82, 2.24) is 24.5 Å². The van der Waals surface area contributed by atoms with E-state index in [9.17, 15) is 18.0 Å². The number of carbonyl (C=O) groups is 1. The van der Waals surface area contributed by atoms with Gasteiger partial charge in [-0.2, -0.15) is 0 Å². The first-order chi connectivity index (χ1) is 17.4. The number of benzene rings is 2. The van der Waals surface area contributed by atoms with E-state index >= 15 is 0 Å². The average Bonchev–Trinajstić information content (AvgIpc) is 3.44. The van der Waals surface area contributed by atoms with Gasteiger partial charge in [0.1, 0.15) is 23.7 Å². The molecule has 1 aliphatic rings. The lowest BCUT2D eigenvalue weighted by atomic mass is 9.94. The van der Waals surface area contributed by atoms with Crippen molar-refractivity contribution in [2.45, 2.75) is 37.7 Å². The van der Waals surface area contributed by atoms with Crippen molar-refractivity contribution >= 4 is 6.47 Å². The highest BCUT2D eigenvalue weighted by Crippen LogP contribution is 2.42. The smallest absolute Gasteiger partial charge is 0.467 e. The van der Waals surface area contributed by atoms with Gasteiger partial charge < -0.3 is 14.0 Å². The Bertz CT molecular complexity index is 1310. The van der Waals surface area contributed by atoms with Crippen molar-refractivity contribution in [3.8, 4) is 17.1 Å². The van der Waals surface area contributed by atoms with Crippen LogP contribution in [0, 0.1) is 0 Å². The SMILES string of the molecule is O=COCC(c1ccc(OC(F)(F)F)cc1)c1c(-c2cn(Cc3ccccc3)nn2)ncn1C1CC1. The molecule has 8 nitrogen and oxygen atoms in total. The number of aromatic nitrogens is 5. The molecule has 0 amide bonds. The van der Waals surface area contributed by atoms with Gasteiger partial charge in [-0.25, -0.2) is 9.67 Å². The van der Waals surface area contributed by atoms with Gasteiger partial charge >= 0.3 is 6.36 Å². The predicted octanol–water partition coefficient (Wildman–Crippen LogP) is 4.73. The van der Waals surface area contributed by atoms with Gasteiger partial charge in [-0.1, -0.05) is 47.7 Å². The fourth-order valence-corrected chi connectivity index (χ4v) is 4.18. The van der Waals surface area contributed by atoms with Crippen LogP contribution in [0.2, 0.25) is 0 Å². The summed E-state index contributed by atoms with van der Waals surface area (Å²) in [5, 5.41) is 8.57. The van der Waals surface area contributed by atoms with Crippen molar-refractivity contribution in [3.63, 3.8) is 0 Å². The molecule has 0 aliphatic heterocycles. The molecule has 0 radical (unpaired) electrons. The second-order valence-corrected chi connectivity index (χ2v) is 8.50. The van der Waals surface area contributed by atoms with Gasteiger partial charge in [0.2, 0.25) is 0 Å². The highest BCUT2D eigenvalue weighted by molar-refractivity contribution is 5.59. The Morgan fingerprint density at radius 2 is 1.83 bits per heavy atom. The molecular formula is C25H22F3N5O3. The third-order valence-corrected chi connectivity index (χ3v) is 5.92. The standard InChI is InChI=1S/C25H22F3N5O3/c26-25(27,28)36-20-10-6-18(7-11-20)21(14-35-16-34)24-23(29-15-33(24)19-8-9-19)22-13-32(31-30-22)12-17-4-2-1-3-5-17/h1-7,10-11,13,15-16,19,21H,8-9,12,14H2. The van der Waals surface area contributed by atoms with E-state index in [1.165, 1.54) is 24.3 Å². The molecule has 2 heterocycles. The van der Waals surface area contributed by atoms with Crippen LogP contribution >= 0.6 is 0 Å². The average molecular weight is 497 g/mol. The predicted molar refractivity (Wildman–Crippen MR) is 122 cm³/mol. The molecule has 186 valence electrons. The molecule has 1 atom stereocenters. The zero-order valence-electron chi connectivity index (χ0n) is 19.0. The van der Waals surface area contributed by atoms with E-state index in [1.54, 1.807) is 17.2 Å². The maximum absolute atomic E-state index is 12.6. The summed E-state index contributed by atoms with van der Waals surface area (Å²) >= 11 is 0. The van der Waals surface area contributed by atoms with Crippen molar-refractivity contribution in [2.24, 2.45) is 0 Å². The van der Waals surface area contributed by atoms with Gasteiger partial charge in [-0.05, 0) is 36.1 Å². The summed E-state index contributed by atoms with van der Waals surface area (Å²) in [6.07, 6.45) is 0.693. The molecule has 2 aromatic heterocycles. The first-order valence-electron chi connectivity index (χ1n) is 11.3. The van der Waals surface area contributed by atoms with Crippen LogP contribution in [0.3, 0.4) is 0 Å². The maximum Gasteiger partial charge on any atom is 0.573 e. The van der Waals surface area contributed by atoms with E-state index in [0.29, 0.717) is 30.0 Å². The Labute approximate surface area is 204 Å². The topological polar surface area (TPSA) is 84.1 Å². The number of hydrogen-bond donors (Lipinski definition) is 0. The number of nitrogens with zero attached hydrogens (tertiary/aromatic N) is 5. The van der Waals surface area contributed by atoms with Gasteiger partial charge in [0, 0.05) is 6.04 Å². The van der Waals surface area contributed by atoms with Crippen molar-refractivity contribution in [1.29, 1.82) is 0 Å². The Balaban J connectivity index is 1.50. The number of rotatable bonds is 10. The molecule has 1 saturated carbocycles.